The normalized spacial score (nSPS) is 12.7. The van der Waals surface area contributed by atoms with E-state index in [0.717, 1.165) is 23.2 Å². The lowest BCUT2D eigenvalue weighted by molar-refractivity contribution is 0.389. The van der Waals surface area contributed by atoms with E-state index in [9.17, 15) is 0 Å². The van der Waals surface area contributed by atoms with E-state index in [2.05, 4.69) is 48.1 Å². The molecule has 0 saturated heterocycles. The minimum Gasteiger partial charge on any atom is -0.496 e. The Morgan fingerprint density at radius 2 is 2.05 bits per heavy atom. The Balaban J connectivity index is 2.74. The molecule has 0 heterocycles. The van der Waals surface area contributed by atoms with E-state index >= 15 is 0 Å². The zero-order chi connectivity index (χ0) is 14.3. The van der Waals surface area contributed by atoms with Crippen molar-refractivity contribution in [1.29, 1.82) is 0 Å². The highest BCUT2D eigenvalue weighted by Crippen LogP contribution is 2.26. The van der Waals surface area contributed by atoms with Crippen LogP contribution >= 0.6 is 15.9 Å². The van der Waals surface area contributed by atoms with Crippen LogP contribution in [0.3, 0.4) is 0 Å². The molecule has 1 aromatic carbocycles. The summed E-state index contributed by atoms with van der Waals surface area (Å²) in [6.45, 7) is 7.72. The fraction of sp³-hybridized carbons (Fsp3) is 0.625. The molecular weight excluding hydrogens is 302 g/mol. The van der Waals surface area contributed by atoms with Gasteiger partial charge >= 0.3 is 0 Å². The van der Waals surface area contributed by atoms with Crippen LogP contribution in [0.15, 0.2) is 22.7 Å². The summed E-state index contributed by atoms with van der Waals surface area (Å²) in [7, 11) is 1.74. The first-order chi connectivity index (χ1) is 9.06. The molecule has 0 aliphatic rings. The zero-order valence-corrected chi connectivity index (χ0v) is 14.1. The smallest absolute Gasteiger partial charge is 0.122 e. The molecule has 0 amide bonds. The molecule has 0 bridgehead atoms. The molecule has 0 spiro atoms. The Hall–Kier alpha value is -0.540. The van der Waals surface area contributed by atoms with E-state index in [0.29, 0.717) is 12.0 Å². The molecule has 0 aliphatic heterocycles. The predicted molar refractivity (Wildman–Crippen MR) is 85.9 cm³/mol. The van der Waals surface area contributed by atoms with E-state index in [1.165, 1.54) is 18.4 Å². The summed E-state index contributed by atoms with van der Waals surface area (Å²) in [6.07, 6.45) is 3.53. The van der Waals surface area contributed by atoms with Gasteiger partial charge < -0.3 is 10.1 Å². The van der Waals surface area contributed by atoms with Gasteiger partial charge in [0.1, 0.15) is 5.75 Å². The molecular formula is C16H26BrNO. The van der Waals surface area contributed by atoms with E-state index in [1.54, 1.807) is 7.11 Å². The van der Waals surface area contributed by atoms with Crippen molar-refractivity contribution >= 4 is 15.9 Å². The first-order valence-electron chi connectivity index (χ1n) is 7.12. The summed E-state index contributed by atoms with van der Waals surface area (Å²) >= 11 is 3.55. The van der Waals surface area contributed by atoms with Gasteiger partial charge in [0.15, 0.2) is 0 Å². The Kier molecular flexibility index (Phi) is 7.47. The molecule has 0 saturated carbocycles. The molecule has 2 nitrogen and oxygen atoms in total. The van der Waals surface area contributed by atoms with Gasteiger partial charge in [0.2, 0.25) is 0 Å². The van der Waals surface area contributed by atoms with E-state index in [-0.39, 0.29) is 0 Å². The largest absolute Gasteiger partial charge is 0.496 e. The van der Waals surface area contributed by atoms with Crippen LogP contribution in [0, 0.1) is 5.92 Å². The fourth-order valence-electron chi connectivity index (χ4n) is 2.30. The highest BCUT2D eigenvalue weighted by atomic mass is 79.9. The second kappa shape index (κ2) is 8.60. The molecule has 1 N–H and O–H groups in total. The predicted octanol–water partition coefficient (Wildman–Crippen LogP) is 4.41. The summed E-state index contributed by atoms with van der Waals surface area (Å²) in [5, 5.41) is 3.55. The molecule has 1 unspecified atom stereocenters. The maximum absolute atomic E-state index is 5.46. The van der Waals surface area contributed by atoms with Gasteiger partial charge in [-0.25, -0.2) is 0 Å². The Bertz CT molecular complexity index is 379. The van der Waals surface area contributed by atoms with Gasteiger partial charge in [-0.05, 0) is 49.1 Å². The fourth-order valence-corrected chi connectivity index (χ4v) is 2.71. The molecule has 1 atom stereocenters. The summed E-state index contributed by atoms with van der Waals surface area (Å²) in [6, 6.07) is 6.79. The first-order valence-corrected chi connectivity index (χ1v) is 7.91. The van der Waals surface area contributed by atoms with Gasteiger partial charge in [-0.1, -0.05) is 43.1 Å². The SMILES string of the molecule is CCCC(CNC(C)C)Cc1cc(Br)ccc1OC. The van der Waals surface area contributed by atoms with E-state index in [4.69, 9.17) is 4.74 Å². The number of hydrogen-bond acceptors (Lipinski definition) is 2. The minimum atomic E-state index is 0.545. The number of benzene rings is 1. The second-order valence-corrected chi connectivity index (χ2v) is 6.29. The Morgan fingerprint density at radius 3 is 2.63 bits per heavy atom. The van der Waals surface area contributed by atoms with Crippen LogP contribution in [0.2, 0.25) is 0 Å². The molecule has 0 fully saturated rings. The number of ether oxygens (including phenoxy) is 1. The van der Waals surface area contributed by atoms with Crippen molar-refractivity contribution in [2.75, 3.05) is 13.7 Å². The van der Waals surface area contributed by atoms with Crippen molar-refractivity contribution in [3.05, 3.63) is 28.2 Å². The Labute approximate surface area is 126 Å². The average Bonchev–Trinajstić information content (AvgIpc) is 2.36. The molecule has 1 rings (SSSR count). The van der Waals surface area contributed by atoms with Crippen molar-refractivity contribution in [1.82, 2.24) is 5.32 Å². The van der Waals surface area contributed by atoms with Gasteiger partial charge in [-0.3, -0.25) is 0 Å². The molecule has 3 heteroatoms. The van der Waals surface area contributed by atoms with Crippen LogP contribution < -0.4 is 10.1 Å². The van der Waals surface area contributed by atoms with Crippen molar-refractivity contribution in [3.8, 4) is 5.75 Å². The topological polar surface area (TPSA) is 21.3 Å². The van der Waals surface area contributed by atoms with Crippen molar-refractivity contribution < 1.29 is 4.74 Å². The summed E-state index contributed by atoms with van der Waals surface area (Å²) < 4.78 is 6.58. The highest BCUT2D eigenvalue weighted by molar-refractivity contribution is 9.10. The van der Waals surface area contributed by atoms with Crippen molar-refractivity contribution in [2.24, 2.45) is 5.92 Å². The maximum Gasteiger partial charge on any atom is 0.122 e. The van der Waals surface area contributed by atoms with Crippen LogP contribution in [0.5, 0.6) is 5.75 Å². The van der Waals surface area contributed by atoms with Gasteiger partial charge in [-0.15, -0.1) is 0 Å². The van der Waals surface area contributed by atoms with E-state index < -0.39 is 0 Å². The van der Waals surface area contributed by atoms with Gasteiger partial charge in [0, 0.05) is 10.5 Å². The van der Waals surface area contributed by atoms with E-state index in [1.807, 2.05) is 12.1 Å². The van der Waals surface area contributed by atoms with Crippen LogP contribution in [0.1, 0.15) is 39.2 Å². The number of rotatable bonds is 8. The monoisotopic (exact) mass is 327 g/mol. The van der Waals surface area contributed by atoms with Crippen molar-refractivity contribution in [2.45, 2.75) is 46.1 Å². The molecule has 108 valence electrons. The number of halogens is 1. The minimum absolute atomic E-state index is 0.545. The lowest BCUT2D eigenvalue weighted by Gasteiger charge is -2.20. The summed E-state index contributed by atoms with van der Waals surface area (Å²) in [4.78, 5) is 0. The third kappa shape index (κ3) is 5.96. The lowest BCUT2D eigenvalue weighted by Crippen LogP contribution is -2.30. The number of nitrogens with one attached hydrogen (secondary N) is 1. The molecule has 0 radical (unpaired) electrons. The average molecular weight is 328 g/mol. The van der Waals surface area contributed by atoms with Crippen LogP contribution in [0.25, 0.3) is 0 Å². The summed E-state index contributed by atoms with van der Waals surface area (Å²) in [5.74, 6) is 1.66. The van der Waals surface area contributed by atoms with Crippen LogP contribution in [0.4, 0.5) is 0 Å². The third-order valence-corrected chi connectivity index (χ3v) is 3.76. The summed E-state index contributed by atoms with van der Waals surface area (Å²) in [5.41, 5.74) is 1.29. The number of methoxy groups -OCH3 is 1. The zero-order valence-electron chi connectivity index (χ0n) is 12.5. The molecule has 0 aliphatic carbocycles. The first kappa shape index (κ1) is 16.5. The highest BCUT2D eigenvalue weighted by Gasteiger charge is 2.13. The van der Waals surface area contributed by atoms with Gasteiger partial charge in [-0.2, -0.15) is 0 Å². The maximum atomic E-state index is 5.46. The molecule has 1 aromatic rings. The van der Waals surface area contributed by atoms with Crippen LogP contribution in [-0.4, -0.2) is 19.7 Å². The standard InChI is InChI=1S/C16H26BrNO/c1-5-6-13(11-18-12(2)3)9-14-10-15(17)7-8-16(14)19-4/h7-8,10,12-13,18H,5-6,9,11H2,1-4H3. The third-order valence-electron chi connectivity index (χ3n) is 3.26. The Morgan fingerprint density at radius 1 is 1.32 bits per heavy atom. The van der Waals surface area contributed by atoms with Gasteiger partial charge in [0.25, 0.3) is 0 Å². The lowest BCUT2D eigenvalue weighted by atomic mass is 9.94. The van der Waals surface area contributed by atoms with Crippen LogP contribution in [-0.2, 0) is 6.42 Å². The number of hydrogen-bond donors (Lipinski definition) is 1. The molecule has 0 aromatic heterocycles. The quantitative estimate of drug-likeness (QED) is 0.763. The van der Waals surface area contributed by atoms with Crippen molar-refractivity contribution in [3.63, 3.8) is 0 Å². The molecule has 19 heavy (non-hydrogen) atoms. The second-order valence-electron chi connectivity index (χ2n) is 5.38. The van der Waals surface area contributed by atoms with Gasteiger partial charge in [0.05, 0.1) is 7.11 Å².